The van der Waals surface area contributed by atoms with Gasteiger partial charge in [-0.25, -0.2) is 0 Å². The minimum Gasteiger partial charge on any atom is -0.468 e. The molecule has 0 unspecified atom stereocenters. The minimum absolute atomic E-state index is 0.0827. The average Bonchev–Trinajstić information content (AvgIpc) is 3.33. The van der Waals surface area contributed by atoms with E-state index in [1.54, 1.807) is 0 Å². The van der Waals surface area contributed by atoms with E-state index in [1.165, 1.54) is 7.11 Å². The number of amides is 1. The monoisotopic (exact) mass is 433 g/mol. The van der Waals surface area contributed by atoms with Gasteiger partial charge in [0.25, 0.3) is 0 Å². The quantitative estimate of drug-likeness (QED) is 0.527. The molecule has 0 aliphatic carbocycles. The van der Waals surface area contributed by atoms with Crippen molar-refractivity contribution in [1.82, 2.24) is 15.1 Å². The third-order valence-electron chi connectivity index (χ3n) is 6.14. The minimum atomic E-state index is -0.690. The highest BCUT2D eigenvalue weighted by Crippen LogP contribution is 2.37. The SMILES string of the molecule is COC(=O)C1(c2ccccc2)CCN(C(=O)CCCc2nnc(-c3ccccc3)o2)CC1. The summed E-state index contributed by atoms with van der Waals surface area (Å²) in [7, 11) is 1.42. The summed E-state index contributed by atoms with van der Waals surface area (Å²) in [6, 6.07) is 19.3. The van der Waals surface area contributed by atoms with Crippen LogP contribution in [0.25, 0.3) is 11.5 Å². The molecule has 0 spiro atoms. The molecule has 0 saturated carbocycles. The summed E-state index contributed by atoms with van der Waals surface area (Å²) in [5.41, 5.74) is 1.14. The molecule has 2 aromatic carbocycles. The van der Waals surface area contributed by atoms with Gasteiger partial charge in [-0.05, 0) is 37.0 Å². The van der Waals surface area contributed by atoms with E-state index in [1.807, 2.05) is 65.6 Å². The molecule has 1 fully saturated rings. The number of ether oxygens (including phenoxy) is 1. The maximum absolute atomic E-state index is 12.7. The molecule has 7 nitrogen and oxygen atoms in total. The second-order valence-electron chi connectivity index (χ2n) is 8.04. The number of methoxy groups -OCH3 is 1. The average molecular weight is 434 g/mol. The standard InChI is InChI=1S/C25H27N3O4/c1-31-24(30)25(20-11-6-3-7-12-20)15-17-28(18-16-25)22(29)14-8-13-21-26-27-23(32-21)19-9-4-2-5-10-19/h2-7,9-12H,8,13-18H2,1H3. The molecule has 1 amide bonds. The van der Waals surface area contributed by atoms with E-state index in [2.05, 4.69) is 10.2 Å². The van der Waals surface area contributed by atoms with Gasteiger partial charge < -0.3 is 14.1 Å². The predicted octanol–water partition coefficient (Wildman–Crippen LogP) is 3.79. The van der Waals surface area contributed by atoms with Crippen molar-refractivity contribution < 1.29 is 18.7 Å². The van der Waals surface area contributed by atoms with Gasteiger partial charge >= 0.3 is 5.97 Å². The summed E-state index contributed by atoms with van der Waals surface area (Å²) in [4.78, 5) is 27.2. The first-order valence-electron chi connectivity index (χ1n) is 10.9. The summed E-state index contributed by atoms with van der Waals surface area (Å²) < 4.78 is 10.8. The van der Waals surface area contributed by atoms with Crippen molar-refractivity contribution >= 4 is 11.9 Å². The lowest BCUT2D eigenvalue weighted by molar-refractivity contribution is -0.151. The van der Waals surface area contributed by atoms with Gasteiger partial charge in [0.15, 0.2) is 0 Å². The predicted molar refractivity (Wildman–Crippen MR) is 119 cm³/mol. The zero-order chi connectivity index (χ0) is 22.4. The lowest BCUT2D eigenvalue weighted by Gasteiger charge is -2.40. The fourth-order valence-electron chi connectivity index (χ4n) is 4.30. The smallest absolute Gasteiger partial charge is 0.316 e. The van der Waals surface area contributed by atoms with Gasteiger partial charge in [-0.15, -0.1) is 10.2 Å². The first kappa shape index (κ1) is 21.7. The third kappa shape index (κ3) is 4.56. The molecule has 3 aromatic rings. The summed E-state index contributed by atoms with van der Waals surface area (Å²) in [6.07, 6.45) is 2.70. The molecule has 1 saturated heterocycles. The summed E-state index contributed by atoms with van der Waals surface area (Å²) in [5, 5.41) is 8.18. The van der Waals surface area contributed by atoms with E-state index in [0.717, 1.165) is 11.1 Å². The fourth-order valence-corrected chi connectivity index (χ4v) is 4.30. The van der Waals surface area contributed by atoms with Crippen LogP contribution in [-0.4, -0.2) is 47.2 Å². The molecule has 0 N–H and O–H groups in total. The van der Waals surface area contributed by atoms with Crippen molar-refractivity contribution in [1.29, 1.82) is 0 Å². The Morgan fingerprint density at radius 3 is 2.31 bits per heavy atom. The number of aromatic nitrogens is 2. The molecule has 0 atom stereocenters. The van der Waals surface area contributed by atoms with Crippen LogP contribution >= 0.6 is 0 Å². The molecule has 1 aliphatic rings. The Hall–Kier alpha value is -3.48. The molecular formula is C25H27N3O4. The van der Waals surface area contributed by atoms with Crippen molar-refractivity contribution in [3.05, 3.63) is 72.1 Å². The Labute approximate surface area is 187 Å². The number of rotatable bonds is 7. The Morgan fingerprint density at radius 2 is 1.66 bits per heavy atom. The Bertz CT molecular complexity index is 1040. The third-order valence-corrected chi connectivity index (χ3v) is 6.14. The van der Waals surface area contributed by atoms with Crippen molar-refractivity contribution in [2.75, 3.05) is 20.2 Å². The molecule has 32 heavy (non-hydrogen) atoms. The van der Waals surface area contributed by atoms with E-state index in [-0.39, 0.29) is 11.9 Å². The second-order valence-corrected chi connectivity index (χ2v) is 8.04. The number of piperidine rings is 1. The second kappa shape index (κ2) is 9.77. The van der Waals surface area contributed by atoms with Crippen LogP contribution in [0, 0.1) is 0 Å². The van der Waals surface area contributed by atoms with Crippen LogP contribution in [-0.2, 0) is 26.2 Å². The molecule has 7 heteroatoms. The van der Waals surface area contributed by atoms with Crippen molar-refractivity contribution in [3.8, 4) is 11.5 Å². The van der Waals surface area contributed by atoms with Gasteiger partial charge in [0, 0.05) is 31.5 Å². The van der Waals surface area contributed by atoms with Crippen LogP contribution in [0.3, 0.4) is 0 Å². The fraction of sp³-hybridized carbons (Fsp3) is 0.360. The largest absolute Gasteiger partial charge is 0.468 e. The molecule has 2 heterocycles. The Morgan fingerprint density at radius 1 is 1.00 bits per heavy atom. The lowest BCUT2D eigenvalue weighted by atomic mass is 9.72. The highest BCUT2D eigenvalue weighted by atomic mass is 16.5. The van der Waals surface area contributed by atoms with E-state index >= 15 is 0 Å². The maximum atomic E-state index is 12.7. The van der Waals surface area contributed by atoms with Gasteiger partial charge in [0.1, 0.15) is 0 Å². The topological polar surface area (TPSA) is 85.5 Å². The van der Waals surface area contributed by atoms with Crippen molar-refractivity contribution in [2.24, 2.45) is 0 Å². The summed E-state index contributed by atoms with van der Waals surface area (Å²) in [6.45, 7) is 1.06. The van der Waals surface area contributed by atoms with E-state index in [4.69, 9.17) is 9.15 Å². The van der Waals surface area contributed by atoms with E-state index in [9.17, 15) is 9.59 Å². The summed E-state index contributed by atoms with van der Waals surface area (Å²) in [5.74, 6) is 0.868. The number of esters is 1. The Balaban J connectivity index is 1.30. The van der Waals surface area contributed by atoms with Crippen LogP contribution in [0.15, 0.2) is 65.1 Å². The van der Waals surface area contributed by atoms with Gasteiger partial charge in [0.05, 0.1) is 12.5 Å². The van der Waals surface area contributed by atoms with Gasteiger partial charge in [-0.3, -0.25) is 9.59 Å². The summed E-state index contributed by atoms with van der Waals surface area (Å²) >= 11 is 0. The molecule has 1 aromatic heterocycles. The van der Waals surface area contributed by atoms with Crippen molar-refractivity contribution in [2.45, 2.75) is 37.5 Å². The number of likely N-dealkylation sites (tertiary alicyclic amines) is 1. The molecule has 166 valence electrons. The highest BCUT2D eigenvalue weighted by Gasteiger charge is 2.44. The van der Waals surface area contributed by atoms with Gasteiger partial charge in [-0.1, -0.05) is 48.5 Å². The first-order chi connectivity index (χ1) is 15.6. The van der Waals surface area contributed by atoms with Gasteiger partial charge in [-0.2, -0.15) is 0 Å². The normalized spacial score (nSPS) is 15.3. The lowest BCUT2D eigenvalue weighted by Crippen LogP contribution is -2.49. The number of benzene rings is 2. The van der Waals surface area contributed by atoms with Crippen LogP contribution in [0.1, 0.15) is 37.1 Å². The first-order valence-corrected chi connectivity index (χ1v) is 10.9. The number of nitrogens with zero attached hydrogens (tertiary/aromatic N) is 3. The van der Waals surface area contributed by atoms with Crippen LogP contribution in [0.2, 0.25) is 0 Å². The van der Waals surface area contributed by atoms with E-state index < -0.39 is 5.41 Å². The van der Waals surface area contributed by atoms with E-state index in [0.29, 0.717) is 57.0 Å². The molecule has 1 aliphatic heterocycles. The van der Waals surface area contributed by atoms with Crippen molar-refractivity contribution in [3.63, 3.8) is 0 Å². The zero-order valence-corrected chi connectivity index (χ0v) is 18.2. The zero-order valence-electron chi connectivity index (χ0n) is 18.2. The van der Waals surface area contributed by atoms with Crippen LogP contribution in [0.5, 0.6) is 0 Å². The Kier molecular flexibility index (Phi) is 6.63. The molecule has 0 radical (unpaired) electrons. The van der Waals surface area contributed by atoms with Gasteiger partial charge in [0.2, 0.25) is 17.7 Å². The maximum Gasteiger partial charge on any atom is 0.316 e. The number of hydrogen-bond donors (Lipinski definition) is 0. The molecule has 0 bridgehead atoms. The molecular weight excluding hydrogens is 406 g/mol. The van der Waals surface area contributed by atoms with Crippen LogP contribution in [0.4, 0.5) is 0 Å². The molecule has 4 rings (SSSR count). The number of carbonyl (C=O) groups is 2. The number of carbonyl (C=O) groups excluding carboxylic acids is 2. The van der Waals surface area contributed by atoms with Crippen LogP contribution < -0.4 is 0 Å². The number of aryl methyl sites for hydroxylation is 1. The number of hydrogen-bond acceptors (Lipinski definition) is 6. The highest BCUT2D eigenvalue weighted by molar-refractivity contribution is 5.84.